The summed E-state index contributed by atoms with van der Waals surface area (Å²) in [6, 6.07) is 22.6. The number of benzene rings is 3. The van der Waals surface area contributed by atoms with Gasteiger partial charge in [-0.15, -0.1) is 0 Å². The van der Waals surface area contributed by atoms with Gasteiger partial charge >= 0.3 is 0 Å². The van der Waals surface area contributed by atoms with Crippen LogP contribution in [0.15, 0.2) is 83.8 Å². The van der Waals surface area contributed by atoms with Crippen LogP contribution in [0.2, 0.25) is 0 Å². The quantitative estimate of drug-likeness (QED) is 0.480. The fourth-order valence-electron chi connectivity index (χ4n) is 2.72. The lowest BCUT2D eigenvalue weighted by molar-refractivity contribution is 0.281. The molecule has 3 rings (SSSR count). The van der Waals surface area contributed by atoms with Crippen LogP contribution in [0.4, 0.5) is 5.69 Å². The summed E-state index contributed by atoms with van der Waals surface area (Å²) in [5.74, 6) is 1.99. The second-order valence-corrected chi connectivity index (χ2v) is 8.70. The monoisotopic (exact) mass is 426 g/mol. The van der Waals surface area contributed by atoms with Gasteiger partial charge in [-0.3, -0.25) is 4.72 Å². The Morgan fingerprint density at radius 2 is 1.40 bits per heavy atom. The zero-order valence-corrected chi connectivity index (χ0v) is 17.9. The van der Waals surface area contributed by atoms with E-state index in [2.05, 4.69) is 9.62 Å². The SMILES string of the molecule is CN(C)CCCOc1ccc(S(=O)(=O)Nc2ccc(Oc3ccccc3)cc2)cc1. The van der Waals surface area contributed by atoms with Crippen molar-refractivity contribution >= 4 is 15.7 Å². The standard InChI is InChI=1S/C23H26N2O4S/c1-25(2)17-6-18-28-20-13-15-23(16-14-20)30(26,27)24-19-9-11-22(12-10-19)29-21-7-4-3-5-8-21/h3-5,7-16,24H,6,17-18H2,1-2H3. The summed E-state index contributed by atoms with van der Waals surface area (Å²) in [6.07, 6.45) is 0.901. The van der Waals surface area contributed by atoms with E-state index in [1.165, 1.54) is 12.1 Å². The zero-order chi connectivity index (χ0) is 21.4. The third kappa shape index (κ3) is 6.50. The van der Waals surface area contributed by atoms with Crippen LogP contribution in [0.3, 0.4) is 0 Å². The fraction of sp³-hybridized carbons (Fsp3) is 0.217. The third-order valence-corrected chi connectivity index (χ3v) is 5.64. The predicted octanol–water partition coefficient (Wildman–Crippen LogP) is 4.61. The molecule has 0 saturated heterocycles. The first kappa shape index (κ1) is 21.7. The van der Waals surface area contributed by atoms with Crippen molar-refractivity contribution < 1.29 is 17.9 Å². The van der Waals surface area contributed by atoms with E-state index < -0.39 is 10.0 Å². The second-order valence-electron chi connectivity index (χ2n) is 7.02. The normalized spacial score (nSPS) is 11.3. The highest BCUT2D eigenvalue weighted by molar-refractivity contribution is 7.92. The lowest BCUT2D eigenvalue weighted by Crippen LogP contribution is -2.15. The highest BCUT2D eigenvalue weighted by Crippen LogP contribution is 2.24. The lowest BCUT2D eigenvalue weighted by Gasteiger charge is -2.12. The number of nitrogens with one attached hydrogen (secondary N) is 1. The Labute approximate surface area is 178 Å². The van der Waals surface area contributed by atoms with Crippen LogP contribution in [0.5, 0.6) is 17.2 Å². The minimum atomic E-state index is -3.69. The van der Waals surface area contributed by atoms with Crippen molar-refractivity contribution in [2.75, 3.05) is 32.0 Å². The number of rotatable bonds is 10. The van der Waals surface area contributed by atoms with Crippen LogP contribution >= 0.6 is 0 Å². The molecule has 30 heavy (non-hydrogen) atoms. The molecule has 6 nitrogen and oxygen atoms in total. The molecular formula is C23H26N2O4S. The lowest BCUT2D eigenvalue weighted by atomic mass is 10.3. The third-order valence-electron chi connectivity index (χ3n) is 4.24. The number of para-hydroxylation sites is 1. The molecule has 3 aromatic carbocycles. The van der Waals surface area contributed by atoms with Gasteiger partial charge in [-0.1, -0.05) is 18.2 Å². The Hall–Kier alpha value is -3.03. The average Bonchev–Trinajstić information content (AvgIpc) is 2.73. The molecule has 158 valence electrons. The molecule has 3 aromatic rings. The minimum absolute atomic E-state index is 0.174. The topological polar surface area (TPSA) is 67.9 Å². The summed E-state index contributed by atoms with van der Waals surface area (Å²) < 4.78 is 39.2. The van der Waals surface area contributed by atoms with Crippen LogP contribution in [0.1, 0.15) is 6.42 Å². The molecule has 0 amide bonds. The molecular weight excluding hydrogens is 400 g/mol. The van der Waals surface area contributed by atoms with E-state index in [-0.39, 0.29) is 4.90 Å². The molecule has 0 unspecified atom stereocenters. The van der Waals surface area contributed by atoms with E-state index >= 15 is 0 Å². The Balaban J connectivity index is 1.57. The van der Waals surface area contributed by atoms with Crippen LogP contribution in [-0.2, 0) is 10.0 Å². The molecule has 0 aliphatic heterocycles. The van der Waals surface area contributed by atoms with Gasteiger partial charge < -0.3 is 14.4 Å². The van der Waals surface area contributed by atoms with E-state index in [0.29, 0.717) is 23.8 Å². The zero-order valence-electron chi connectivity index (χ0n) is 17.1. The maximum Gasteiger partial charge on any atom is 0.261 e. The molecule has 1 N–H and O–H groups in total. The largest absolute Gasteiger partial charge is 0.494 e. The molecule has 0 aliphatic rings. The van der Waals surface area contributed by atoms with Crippen LogP contribution < -0.4 is 14.2 Å². The van der Waals surface area contributed by atoms with E-state index in [0.717, 1.165) is 18.7 Å². The van der Waals surface area contributed by atoms with Gasteiger partial charge in [-0.25, -0.2) is 8.42 Å². The van der Waals surface area contributed by atoms with Gasteiger partial charge in [0.05, 0.1) is 11.5 Å². The maximum absolute atomic E-state index is 12.6. The van der Waals surface area contributed by atoms with Crippen LogP contribution in [0.25, 0.3) is 0 Å². The van der Waals surface area contributed by atoms with Crippen molar-refractivity contribution in [1.29, 1.82) is 0 Å². The Bertz CT molecular complexity index is 1020. The molecule has 0 bridgehead atoms. The van der Waals surface area contributed by atoms with Crippen molar-refractivity contribution in [3.8, 4) is 17.2 Å². The van der Waals surface area contributed by atoms with E-state index in [9.17, 15) is 8.42 Å². The first-order valence-corrected chi connectivity index (χ1v) is 11.1. The molecule has 0 atom stereocenters. The first-order valence-electron chi connectivity index (χ1n) is 9.66. The van der Waals surface area contributed by atoms with Gasteiger partial charge in [0.2, 0.25) is 0 Å². The smallest absolute Gasteiger partial charge is 0.261 e. The predicted molar refractivity (Wildman–Crippen MR) is 119 cm³/mol. The number of hydrogen-bond donors (Lipinski definition) is 1. The molecule has 0 aliphatic carbocycles. The minimum Gasteiger partial charge on any atom is -0.494 e. The van der Waals surface area contributed by atoms with Crippen molar-refractivity contribution in [2.45, 2.75) is 11.3 Å². The van der Waals surface area contributed by atoms with Crippen molar-refractivity contribution in [3.63, 3.8) is 0 Å². The summed E-state index contributed by atoms with van der Waals surface area (Å²) in [4.78, 5) is 2.26. The number of sulfonamides is 1. The van der Waals surface area contributed by atoms with Gasteiger partial charge in [0.1, 0.15) is 17.2 Å². The van der Waals surface area contributed by atoms with E-state index in [4.69, 9.17) is 9.47 Å². The van der Waals surface area contributed by atoms with E-state index in [1.807, 2.05) is 44.4 Å². The molecule has 0 radical (unpaired) electrons. The summed E-state index contributed by atoms with van der Waals surface area (Å²) in [5.41, 5.74) is 0.458. The second kappa shape index (κ2) is 10.1. The van der Waals surface area contributed by atoms with Gasteiger partial charge in [-0.2, -0.15) is 0 Å². The molecule has 0 saturated carbocycles. The average molecular weight is 427 g/mol. The molecule has 0 aromatic heterocycles. The first-order chi connectivity index (χ1) is 14.4. The van der Waals surface area contributed by atoms with Gasteiger partial charge in [0, 0.05) is 12.2 Å². The van der Waals surface area contributed by atoms with Gasteiger partial charge in [0.15, 0.2) is 0 Å². The van der Waals surface area contributed by atoms with Gasteiger partial charge in [-0.05, 0) is 81.2 Å². The van der Waals surface area contributed by atoms with Crippen LogP contribution in [0, 0.1) is 0 Å². The van der Waals surface area contributed by atoms with E-state index in [1.54, 1.807) is 36.4 Å². The number of nitrogens with zero attached hydrogens (tertiary/aromatic N) is 1. The number of ether oxygens (including phenoxy) is 2. The number of hydrogen-bond acceptors (Lipinski definition) is 5. The van der Waals surface area contributed by atoms with Gasteiger partial charge in [0.25, 0.3) is 10.0 Å². The summed E-state index contributed by atoms with van der Waals surface area (Å²) in [5, 5.41) is 0. The molecule has 0 fully saturated rings. The Morgan fingerprint density at radius 3 is 2.03 bits per heavy atom. The van der Waals surface area contributed by atoms with Crippen LogP contribution in [-0.4, -0.2) is 40.6 Å². The number of anilines is 1. The van der Waals surface area contributed by atoms with Crippen molar-refractivity contribution in [3.05, 3.63) is 78.9 Å². The highest BCUT2D eigenvalue weighted by atomic mass is 32.2. The summed E-state index contributed by atoms with van der Waals surface area (Å²) in [7, 11) is 0.330. The Morgan fingerprint density at radius 1 is 0.800 bits per heavy atom. The highest BCUT2D eigenvalue weighted by Gasteiger charge is 2.14. The molecule has 7 heteroatoms. The molecule has 0 heterocycles. The fourth-order valence-corrected chi connectivity index (χ4v) is 3.77. The summed E-state index contributed by atoms with van der Waals surface area (Å²) >= 11 is 0. The molecule has 0 spiro atoms. The van der Waals surface area contributed by atoms with Crippen molar-refractivity contribution in [2.24, 2.45) is 0 Å². The van der Waals surface area contributed by atoms with Crippen molar-refractivity contribution in [1.82, 2.24) is 4.90 Å². The maximum atomic E-state index is 12.6. The Kier molecular flexibility index (Phi) is 7.32. The summed E-state index contributed by atoms with van der Waals surface area (Å²) in [6.45, 7) is 1.52.